The topological polar surface area (TPSA) is 83.6 Å². The van der Waals surface area contributed by atoms with Crippen LogP contribution in [0.3, 0.4) is 0 Å². The first-order valence-corrected chi connectivity index (χ1v) is 10.7. The van der Waals surface area contributed by atoms with Crippen LogP contribution in [0.4, 0.5) is 5.82 Å². The number of aryl methyl sites for hydroxylation is 1. The molecular formula is C24H21BrN2O4. The molecule has 3 aromatic rings. The van der Waals surface area contributed by atoms with Gasteiger partial charge in [0.2, 0.25) is 0 Å². The molecule has 1 saturated heterocycles. The fourth-order valence-corrected chi connectivity index (χ4v) is 3.94. The van der Waals surface area contributed by atoms with Gasteiger partial charge in [0.15, 0.2) is 5.82 Å². The van der Waals surface area contributed by atoms with E-state index in [2.05, 4.69) is 34.9 Å². The zero-order valence-corrected chi connectivity index (χ0v) is 18.9. The SMILES string of the molecule is Cc1cc(N2C(=O)C(=O)/C(=C(/O)c3ccc(Br)cc3)[C@@H]2c2ccc(C(C)C)cc2)no1. The molecule has 0 bridgehead atoms. The number of benzene rings is 2. The molecular weight excluding hydrogens is 460 g/mol. The molecule has 1 amide bonds. The molecule has 1 aliphatic rings. The summed E-state index contributed by atoms with van der Waals surface area (Å²) in [7, 11) is 0. The normalized spacial score (nSPS) is 18.2. The zero-order valence-electron chi connectivity index (χ0n) is 17.3. The van der Waals surface area contributed by atoms with E-state index < -0.39 is 17.7 Å². The molecule has 31 heavy (non-hydrogen) atoms. The number of rotatable bonds is 4. The monoisotopic (exact) mass is 480 g/mol. The lowest BCUT2D eigenvalue weighted by molar-refractivity contribution is -0.132. The standard InChI is InChI=1S/C24H21BrN2O4/c1-13(2)15-4-6-16(7-5-15)21-20(22(28)17-8-10-18(25)11-9-17)23(29)24(30)27(21)19-12-14(3)31-26-19/h4-13,21,28H,1-3H3/b22-20+/t21-/m0/s1. The van der Waals surface area contributed by atoms with Gasteiger partial charge in [-0.1, -0.05) is 71.3 Å². The van der Waals surface area contributed by atoms with Gasteiger partial charge in [-0.2, -0.15) is 0 Å². The van der Waals surface area contributed by atoms with Crippen molar-refractivity contribution in [2.75, 3.05) is 4.90 Å². The number of halogens is 1. The Kier molecular flexibility index (Phi) is 5.54. The maximum Gasteiger partial charge on any atom is 0.301 e. The second kappa shape index (κ2) is 8.15. The number of Topliss-reactive ketones (excluding diaryl/α,β-unsaturated/α-hetero) is 1. The van der Waals surface area contributed by atoms with Gasteiger partial charge in [-0.3, -0.25) is 14.5 Å². The van der Waals surface area contributed by atoms with Gasteiger partial charge in [0.25, 0.3) is 5.78 Å². The molecule has 0 saturated carbocycles. The van der Waals surface area contributed by atoms with Crippen molar-refractivity contribution >= 4 is 39.2 Å². The van der Waals surface area contributed by atoms with Gasteiger partial charge in [-0.05, 0) is 36.1 Å². The minimum Gasteiger partial charge on any atom is -0.507 e. The lowest BCUT2D eigenvalue weighted by Gasteiger charge is -2.23. The van der Waals surface area contributed by atoms with Crippen LogP contribution in [0.2, 0.25) is 0 Å². The average molecular weight is 481 g/mol. The molecule has 0 radical (unpaired) electrons. The van der Waals surface area contributed by atoms with Gasteiger partial charge in [-0.25, -0.2) is 0 Å². The molecule has 158 valence electrons. The molecule has 2 heterocycles. The third-order valence-electron chi connectivity index (χ3n) is 5.34. The van der Waals surface area contributed by atoms with Crippen LogP contribution in [0.15, 0.2) is 69.2 Å². The number of anilines is 1. The van der Waals surface area contributed by atoms with Gasteiger partial charge in [0.05, 0.1) is 11.6 Å². The van der Waals surface area contributed by atoms with E-state index in [1.165, 1.54) is 4.90 Å². The highest BCUT2D eigenvalue weighted by molar-refractivity contribution is 9.10. The number of aliphatic hydroxyl groups excluding tert-OH is 1. The third-order valence-corrected chi connectivity index (χ3v) is 5.87. The number of ketones is 1. The molecule has 1 N–H and O–H groups in total. The van der Waals surface area contributed by atoms with Gasteiger partial charge >= 0.3 is 5.91 Å². The summed E-state index contributed by atoms with van der Waals surface area (Å²) >= 11 is 3.36. The molecule has 1 aromatic heterocycles. The van der Waals surface area contributed by atoms with Crippen LogP contribution in [0.1, 0.15) is 48.3 Å². The van der Waals surface area contributed by atoms with Gasteiger partial charge in [0, 0.05) is 16.1 Å². The fourth-order valence-electron chi connectivity index (χ4n) is 3.68. The summed E-state index contributed by atoms with van der Waals surface area (Å²) in [6.07, 6.45) is 0. The Morgan fingerprint density at radius 2 is 1.74 bits per heavy atom. The highest BCUT2D eigenvalue weighted by atomic mass is 79.9. The predicted molar refractivity (Wildman–Crippen MR) is 121 cm³/mol. The van der Waals surface area contributed by atoms with E-state index in [-0.39, 0.29) is 17.2 Å². The highest BCUT2D eigenvalue weighted by Crippen LogP contribution is 2.42. The molecule has 1 fully saturated rings. The second-order valence-corrected chi connectivity index (χ2v) is 8.71. The Hall–Kier alpha value is -3.19. The number of amides is 1. The minimum atomic E-state index is -0.825. The molecule has 1 atom stereocenters. The summed E-state index contributed by atoms with van der Waals surface area (Å²) in [5, 5.41) is 15.0. The van der Waals surface area contributed by atoms with E-state index in [0.29, 0.717) is 22.8 Å². The first kappa shape index (κ1) is 21.1. The van der Waals surface area contributed by atoms with Crippen LogP contribution in [0.25, 0.3) is 5.76 Å². The summed E-state index contributed by atoms with van der Waals surface area (Å²) < 4.78 is 5.99. The largest absolute Gasteiger partial charge is 0.507 e. The van der Waals surface area contributed by atoms with Crippen LogP contribution in [-0.2, 0) is 9.59 Å². The van der Waals surface area contributed by atoms with E-state index in [4.69, 9.17) is 4.52 Å². The Bertz CT molecular complexity index is 1180. The number of carbonyl (C=O) groups is 2. The Labute approximate surface area is 188 Å². The first-order chi connectivity index (χ1) is 14.8. The van der Waals surface area contributed by atoms with Crippen molar-refractivity contribution < 1.29 is 19.2 Å². The van der Waals surface area contributed by atoms with Crippen LogP contribution in [0, 0.1) is 6.92 Å². The number of aliphatic hydroxyl groups is 1. The van der Waals surface area contributed by atoms with Crippen LogP contribution < -0.4 is 4.90 Å². The van der Waals surface area contributed by atoms with E-state index in [9.17, 15) is 14.7 Å². The molecule has 0 unspecified atom stereocenters. The van der Waals surface area contributed by atoms with E-state index in [1.54, 1.807) is 37.3 Å². The van der Waals surface area contributed by atoms with E-state index in [1.807, 2.05) is 24.3 Å². The van der Waals surface area contributed by atoms with Crippen LogP contribution >= 0.6 is 15.9 Å². The van der Waals surface area contributed by atoms with Crippen LogP contribution in [-0.4, -0.2) is 22.0 Å². The zero-order chi connectivity index (χ0) is 22.3. The average Bonchev–Trinajstić information content (AvgIpc) is 3.29. The number of hydrogen-bond acceptors (Lipinski definition) is 5. The van der Waals surface area contributed by atoms with Crippen LogP contribution in [0.5, 0.6) is 0 Å². The quantitative estimate of drug-likeness (QED) is 0.303. The summed E-state index contributed by atoms with van der Waals surface area (Å²) in [4.78, 5) is 27.4. The maximum absolute atomic E-state index is 13.1. The van der Waals surface area contributed by atoms with Crippen molar-refractivity contribution in [3.63, 3.8) is 0 Å². The van der Waals surface area contributed by atoms with Crippen molar-refractivity contribution in [1.29, 1.82) is 0 Å². The van der Waals surface area contributed by atoms with Crippen molar-refractivity contribution in [3.8, 4) is 0 Å². The number of hydrogen-bond donors (Lipinski definition) is 1. The molecule has 0 spiro atoms. The second-order valence-electron chi connectivity index (χ2n) is 7.79. The van der Waals surface area contributed by atoms with E-state index >= 15 is 0 Å². The maximum atomic E-state index is 13.1. The van der Waals surface area contributed by atoms with Gasteiger partial charge < -0.3 is 9.63 Å². The van der Waals surface area contributed by atoms with Crippen molar-refractivity contribution in [3.05, 3.63) is 87.1 Å². The Morgan fingerprint density at radius 3 is 2.29 bits per heavy atom. The lowest BCUT2D eigenvalue weighted by Crippen LogP contribution is -2.29. The molecule has 6 nitrogen and oxygen atoms in total. The molecule has 7 heteroatoms. The molecule has 0 aliphatic carbocycles. The third kappa shape index (κ3) is 3.81. The molecule has 1 aliphatic heterocycles. The summed E-state index contributed by atoms with van der Waals surface area (Å²) in [6, 6.07) is 15.4. The summed E-state index contributed by atoms with van der Waals surface area (Å²) in [5.74, 6) is -0.678. The molecule has 4 rings (SSSR count). The summed E-state index contributed by atoms with van der Waals surface area (Å²) in [6.45, 7) is 5.89. The first-order valence-electron chi connectivity index (χ1n) is 9.88. The summed E-state index contributed by atoms with van der Waals surface area (Å²) in [5.41, 5.74) is 2.29. The molecule has 2 aromatic carbocycles. The van der Waals surface area contributed by atoms with Crippen molar-refractivity contribution in [2.24, 2.45) is 0 Å². The Balaban J connectivity index is 1.91. The van der Waals surface area contributed by atoms with E-state index in [0.717, 1.165) is 10.0 Å². The highest BCUT2D eigenvalue weighted by Gasteiger charge is 2.48. The van der Waals surface area contributed by atoms with Gasteiger partial charge in [-0.15, -0.1) is 0 Å². The van der Waals surface area contributed by atoms with Crippen molar-refractivity contribution in [2.45, 2.75) is 32.7 Å². The fraction of sp³-hybridized carbons (Fsp3) is 0.208. The smallest absolute Gasteiger partial charge is 0.301 e. The predicted octanol–water partition coefficient (Wildman–Crippen LogP) is 5.50. The minimum absolute atomic E-state index is 0.0188. The van der Waals surface area contributed by atoms with Gasteiger partial charge in [0.1, 0.15) is 11.5 Å². The number of aromatic nitrogens is 1. The number of carbonyl (C=O) groups excluding carboxylic acids is 2. The Morgan fingerprint density at radius 1 is 1.10 bits per heavy atom. The lowest BCUT2D eigenvalue weighted by atomic mass is 9.93. The number of nitrogens with zero attached hydrogens (tertiary/aromatic N) is 2. The van der Waals surface area contributed by atoms with Crippen molar-refractivity contribution in [1.82, 2.24) is 5.16 Å².